The number of carboxylic acid groups (broad SMARTS) is 1. The van der Waals surface area contributed by atoms with E-state index in [1.807, 2.05) is 0 Å². The third kappa shape index (κ3) is 2.10. The molecule has 13 heavy (non-hydrogen) atoms. The molecule has 1 saturated heterocycles. The summed E-state index contributed by atoms with van der Waals surface area (Å²) in [6.45, 7) is -0.0113. The van der Waals surface area contributed by atoms with Crippen molar-refractivity contribution in [2.75, 3.05) is 12.4 Å². The number of amides is 1. The van der Waals surface area contributed by atoms with Gasteiger partial charge in [0.15, 0.2) is 5.78 Å². The lowest BCUT2D eigenvalue weighted by Crippen LogP contribution is -2.40. The molecule has 0 aliphatic carbocycles. The van der Waals surface area contributed by atoms with E-state index in [1.165, 1.54) is 0 Å². The number of hydrogen-bond acceptors (Lipinski definition) is 3. The van der Waals surface area contributed by atoms with Gasteiger partial charge < -0.3 is 10.2 Å². The van der Waals surface area contributed by atoms with Crippen molar-refractivity contribution in [3.8, 4) is 0 Å². The molecule has 0 saturated carbocycles. The Morgan fingerprint density at radius 2 is 2.15 bits per heavy atom. The number of carbonyl (C=O) groups is 2. The summed E-state index contributed by atoms with van der Waals surface area (Å²) in [5, 5.41) is 17.8. The number of Topliss-reactive ketones (excluding diaryl/α,β-unsaturated/α-hetero) is 1. The zero-order chi connectivity index (χ0) is 10.0. The number of aliphatic hydroxyl groups excluding tert-OH is 1. The van der Waals surface area contributed by atoms with Crippen LogP contribution in [0.1, 0.15) is 6.42 Å². The van der Waals surface area contributed by atoms with Crippen LogP contribution in [0.25, 0.3) is 0 Å². The van der Waals surface area contributed by atoms with Crippen molar-refractivity contribution in [2.45, 2.75) is 18.6 Å². The second-order valence-corrected chi connectivity index (χ2v) is 3.21. The molecule has 0 aromatic carbocycles. The second-order valence-electron chi connectivity index (χ2n) is 2.94. The summed E-state index contributed by atoms with van der Waals surface area (Å²) in [6.07, 6.45) is -1.80. The highest BCUT2D eigenvalue weighted by molar-refractivity contribution is 6.28. The Bertz CT molecular complexity index is 233. The predicted molar refractivity (Wildman–Crippen MR) is 44.9 cm³/mol. The van der Waals surface area contributed by atoms with Crippen LogP contribution in [0.2, 0.25) is 0 Å². The highest BCUT2D eigenvalue weighted by Gasteiger charge is 2.38. The number of aliphatic hydroxyl groups is 1. The van der Waals surface area contributed by atoms with Crippen LogP contribution in [-0.2, 0) is 4.79 Å². The molecule has 2 N–H and O–H groups in total. The Morgan fingerprint density at radius 3 is 2.62 bits per heavy atom. The largest absolute Gasteiger partial charge is 0.465 e. The number of halogens is 1. The minimum absolute atomic E-state index is 0.0113. The number of rotatable bonds is 2. The highest BCUT2D eigenvalue weighted by Crippen LogP contribution is 2.18. The monoisotopic (exact) mass is 207 g/mol. The second kappa shape index (κ2) is 3.93. The van der Waals surface area contributed by atoms with E-state index in [0.29, 0.717) is 0 Å². The van der Waals surface area contributed by atoms with Gasteiger partial charge in [-0.25, -0.2) is 4.79 Å². The lowest BCUT2D eigenvalue weighted by Gasteiger charge is -2.18. The smallest absolute Gasteiger partial charge is 0.408 e. The molecule has 1 heterocycles. The maximum Gasteiger partial charge on any atom is 0.408 e. The Morgan fingerprint density at radius 1 is 1.54 bits per heavy atom. The molecule has 0 aromatic heterocycles. The van der Waals surface area contributed by atoms with Crippen molar-refractivity contribution < 1.29 is 19.8 Å². The number of likely N-dealkylation sites (tertiary alicyclic amines) is 1. The zero-order valence-electron chi connectivity index (χ0n) is 6.81. The first-order chi connectivity index (χ1) is 6.06. The molecule has 0 spiro atoms. The van der Waals surface area contributed by atoms with Gasteiger partial charge in [0.05, 0.1) is 24.6 Å². The van der Waals surface area contributed by atoms with E-state index in [-0.39, 0.29) is 24.6 Å². The molecule has 2 unspecified atom stereocenters. The molecule has 74 valence electrons. The fraction of sp³-hybridized carbons (Fsp3) is 0.714. The Kier molecular flexibility index (Phi) is 3.11. The van der Waals surface area contributed by atoms with Crippen LogP contribution < -0.4 is 0 Å². The Balaban J connectivity index is 2.71. The van der Waals surface area contributed by atoms with E-state index < -0.39 is 18.2 Å². The summed E-state index contributed by atoms with van der Waals surface area (Å²) in [4.78, 5) is 22.6. The van der Waals surface area contributed by atoms with E-state index in [0.717, 1.165) is 4.90 Å². The molecule has 5 nitrogen and oxygen atoms in total. The third-order valence-corrected chi connectivity index (χ3v) is 2.29. The number of alkyl halides is 1. The molecule has 1 aliphatic rings. The lowest BCUT2D eigenvalue weighted by atomic mass is 10.1. The number of hydrogen-bond donors (Lipinski definition) is 2. The van der Waals surface area contributed by atoms with Crippen molar-refractivity contribution in [3.63, 3.8) is 0 Å². The van der Waals surface area contributed by atoms with Gasteiger partial charge in [-0.2, -0.15) is 0 Å². The van der Waals surface area contributed by atoms with E-state index in [4.69, 9.17) is 21.8 Å². The van der Waals surface area contributed by atoms with Crippen molar-refractivity contribution in [1.82, 2.24) is 4.90 Å². The molecule has 0 bridgehead atoms. The molecular formula is C7H10ClNO4. The van der Waals surface area contributed by atoms with Crippen molar-refractivity contribution in [3.05, 3.63) is 0 Å². The zero-order valence-corrected chi connectivity index (χ0v) is 7.57. The first-order valence-corrected chi connectivity index (χ1v) is 4.36. The maximum absolute atomic E-state index is 11.1. The number of nitrogens with zero attached hydrogens (tertiary/aromatic N) is 1. The van der Waals surface area contributed by atoms with Crippen LogP contribution in [0, 0.1) is 0 Å². The molecule has 1 rings (SSSR count). The van der Waals surface area contributed by atoms with Gasteiger partial charge in [0.1, 0.15) is 0 Å². The van der Waals surface area contributed by atoms with Crippen LogP contribution in [0.4, 0.5) is 4.79 Å². The SMILES string of the molecule is O=C(CCl)C1CC(O)CN1C(=O)O. The molecule has 1 fully saturated rings. The van der Waals surface area contributed by atoms with E-state index in [1.54, 1.807) is 0 Å². The van der Waals surface area contributed by atoms with Crippen LogP contribution in [0.15, 0.2) is 0 Å². The molecule has 6 heteroatoms. The van der Waals surface area contributed by atoms with Crippen LogP contribution in [0.5, 0.6) is 0 Å². The summed E-state index contributed by atoms with van der Waals surface area (Å²) < 4.78 is 0. The Labute approximate surface area is 79.9 Å². The van der Waals surface area contributed by atoms with Crippen molar-refractivity contribution in [1.29, 1.82) is 0 Å². The fourth-order valence-electron chi connectivity index (χ4n) is 1.42. The van der Waals surface area contributed by atoms with E-state index >= 15 is 0 Å². The summed E-state index contributed by atoms with van der Waals surface area (Å²) in [5.74, 6) is -0.582. The lowest BCUT2D eigenvalue weighted by molar-refractivity contribution is -0.120. The average molecular weight is 208 g/mol. The topological polar surface area (TPSA) is 77.8 Å². The van der Waals surface area contributed by atoms with Gasteiger partial charge in [-0.05, 0) is 0 Å². The quantitative estimate of drug-likeness (QED) is 0.621. The molecule has 1 amide bonds. The third-order valence-electron chi connectivity index (χ3n) is 2.03. The number of β-amino-alcohol motifs (C(OH)–C–C–N with tert-alkyl or cyclic N) is 1. The number of ketones is 1. The van der Waals surface area contributed by atoms with Crippen molar-refractivity contribution in [2.24, 2.45) is 0 Å². The summed E-state index contributed by atoms with van der Waals surface area (Å²) in [7, 11) is 0. The van der Waals surface area contributed by atoms with Gasteiger partial charge in [0.25, 0.3) is 0 Å². The van der Waals surface area contributed by atoms with Gasteiger partial charge in [0.2, 0.25) is 0 Å². The first kappa shape index (κ1) is 10.3. The summed E-state index contributed by atoms with van der Waals surface area (Å²) >= 11 is 5.30. The van der Waals surface area contributed by atoms with Gasteiger partial charge in [-0.3, -0.25) is 9.69 Å². The fourth-order valence-corrected chi connectivity index (χ4v) is 1.60. The maximum atomic E-state index is 11.1. The predicted octanol–water partition coefficient (Wildman–Crippen LogP) is -0.0925. The minimum atomic E-state index is -1.19. The van der Waals surface area contributed by atoms with Gasteiger partial charge in [-0.1, -0.05) is 0 Å². The van der Waals surface area contributed by atoms with Gasteiger partial charge in [-0.15, -0.1) is 11.6 Å². The van der Waals surface area contributed by atoms with Gasteiger partial charge >= 0.3 is 6.09 Å². The normalized spacial score (nSPS) is 27.7. The molecule has 0 aromatic rings. The standard InChI is InChI=1S/C7H10ClNO4/c8-2-6(11)5-1-4(10)3-9(5)7(12)13/h4-5,10H,1-3H2,(H,12,13). The van der Waals surface area contributed by atoms with Crippen molar-refractivity contribution >= 4 is 23.5 Å². The summed E-state index contributed by atoms with van der Waals surface area (Å²) in [5.41, 5.74) is 0. The number of carbonyl (C=O) groups excluding carboxylic acids is 1. The average Bonchev–Trinajstić information content (AvgIpc) is 2.46. The molecular weight excluding hydrogens is 198 g/mol. The minimum Gasteiger partial charge on any atom is -0.465 e. The van der Waals surface area contributed by atoms with Crippen LogP contribution in [-0.4, -0.2) is 51.6 Å². The Hall–Kier alpha value is -0.810. The highest BCUT2D eigenvalue weighted by atomic mass is 35.5. The van der Waals surface area contributed by atoms with E-state index in [9.17, 15) is 9.59 Å². The molecule has 0 radical (unpaired) electrons. The molecule has 2 atom stereocenters. The van der Waals surface area contributed by atoms with Crippen LogP contribution >= 0.6 is 11.6 Å². The van der Waals surface area contributed by atoms with Gasteiger partial charge in [0, 0.05) is 6.42 Å². The molecule has 1 aliphatic heterocycles. The summed E-state index contributed by atoms with van der Waals surface area (Å²) in [6, 6.07) is -0.773. The van der Waals surface area contributed by atoms with Crippen LogP contribution in [0.3, 0.4) is 0 Å². The van der Waals surface area contributed by atoms with E-state index in [2.05, 4.69) is 0 Å². The first-order valence-electron chi connectivity index (χ1n) is 3.82.